The topological polar surface area (TPSA) is 63.6 Å². The molecule has 0 heterocycles. The zero-order valence-electron chi connectivity index (χ0n) is 24.8. The fourth-order valence-electron chi connectivity index (χ4n) is 12.0. The van der Waals surface area contributed by atoms with Gasteiger partial charge in [0, 0.05) is 12.3 Å². The van der Waals surface area contributed by atoms with Crippen molar-refractivity contribution in [2.75, 3.05) is 0 Å². The Kier molecular flexibility index (Phi) is 6.06. The highest BCUT2D eigenvalue weighted by Gasteiger charge is 2.72. The van der Waals surface area contributed by atoms with Crippen molar-refractivity contribution in [3.05, 3.63) is 12.2 Å². The number of fused-ring (bicyclic) bond motifs is 7. The van der Waals surface area contributed by atoms with Gasteiger partial charge in [-0.05, 0) is 122 Å². The molecular formula is C33H52O4. The van der Waals surface area contributed by atoms with E-state index in [-0.39, 0.29) is 16.7 Å². The summed E-state index contributed by atoms with van der Waals surface area (Å²) in [6.07, 6.45) is 11.2. The molecule has 4 nitrogen and oxygen atoms in total. The third kappa shape index (κ3) is 3.35. The van der Waals surface area contributed by atoms with Crippen LogP contribution in [0.3, 0.4) is 0 Å². The number of esters is 2. The predicted molar refractivity (Wildman–Crippen MR) is 146 cm³/mol. The summed E-state index contributed by atoms with van der Waals surface area (Å²) in [6.45, 7) is 22.4. The minimum Gasteiger partial charge on any atom is -0.391 e. The molecule has 208 valence electrons. The normalized spacial score (nSPS) is 52.2. The van der Waals surface area contributed by atoms with E-state index in [4.69, 9.17) is 4.74 Å². The second kappa shape index (κ2) is 8.18. The molecule has 5 saturated carbocycles. The quantitative estimate of drug-likeness (QED) is 0.237. The number of carbonyl (C=O) groups is 2. The lowest BCUT2D eigenvalue weighted by molar-refractivity contribution is -0.264. The van der Waals surface area contributed by atoms with Crippen LogP contribution in [-0.2, 0) is 14.3 Å². The first-order valence-electron chi connectivity index (χ1n) is 15.1. The van der Waals surface area contributed by atoms with Gasteiger partial charge in [0.1, 0.15) is 0 Å². The summed E-state index contributed by atoms with van der Waals surface area (Å²) < 4.78 is 5.00. The Balaban J connectivity index is 1.50. The van der Waals surface area contributed by atoms with Gasteiger partial charge in [0.2, 0.25) is 0 Å². The fourth-order valence-corrected chi connectivity index (χ4v) is 12.0. The minimum absolute atomic E-state index is 0.0530. The number of carbonyl (C=O) groups excluding carboxylic acids is 2. The zero-order valence-corrected chi connectivity index (χ0v) is 24.8. The van der Waals surface area contributed by atoms with E-state index in [1.807, 2.05) is 0 Å². The molecule has 5 aliphatic rings. The zero-order chi connectivity index (χ0) is 27.4. The molecule has 0 unspecified atom stereocenters. The Morgan fingerprint density at radius 3 is 2.08 bits per heavy atom. The van der Waals surface area contributed by atoms with Crippen LogP contribution >= 0.6 is 0 Å². The highest BCUT2D eigenvalue weighted by atomic mass is 16.6. The Morgan fingerprint density at radius 2 is 1.46 bits per heavy atom. The van der Waals surface area contributed by atoms with Crippen LogP contribution in [0.25, 0.3) is 0 Å². The minimum atomic E-state index is -1.62. The summed E-state index contributed by atoms with van der Waals surface area (Å²) in [5.41, 5.74) is 0.173. The van der Waals surface area contributed by atoms with Crippen molar-refractivity contribution in [3.8, 4) is 0 Å². The summed E-state index contributed by atoms with van der Waals surface area (Å²) in [5.74, 6) is 1.54. The average molecular weight is 513 g/mol. The highest BCUT2D eigenvalue weighted by molar-refractivity contribution is 5.90. The maximum atomic E-state index is 13.0. The lowest BCUT2D eigenvalue weighted by Crippen LogP contribution is -2.69. The molecule has 5 rings (SSSR count). The highest BCUT2D eigenvalue weighted by Crippen LogP contribution is 2.78. The molecule has 0 radical (unpaired) electrons. The number of hydrogen-bond acceptors (Lipinski definition) is 4. The molecule has 5 aliphatic carbocycles. The number of rotatable bonds is 2. The van der Waals surface area contributed by atoms with Gasteiger partial charge in [-0.3, -0.25) is 4.79 Å². The van der Waals surface area contributed by atoms with E-state index in [1.165, 1.54) is 51.0 Å². The van der Waals surface area contributed by atoms with Crippen molar-refractivity contribution in [3.63, 3.8) is 0 Å². The van der Waals surface area contributed by atoms with E-state index in [2.05, 4.69) is 55.0 Å². The van der Waals surface area contributed by atoms with E-state index in [0.717, 1.165) is 31.1 Å². The number of ether oxygens (including phenoxy) is 1. The first kappa shape index (κ1) is 27.4. The summed E-state index contributed by atoms with van der Waals surface area (Å²) in [4.78, 5) is 24.6. The molecule has 10 atom stereocenters. The molecule has 0 amide bonds. The van der Waals surface area contributed by atoms with Gasteiger partial charge in [-0.15, -0.1) is 0 Å². The third-order valence-corrected chi connectivity index (χ3v) is 14.3. The van der Waals surface area contributed by atoms with Crippen molar-refractivity contribution in [2.45, 2.75) is 125 Å². The van der Waals surface area contributed by atoms with Gasteiger partial charge in [-0.1, -0.05) is 53.7 Å². The molecule has 1 N–H and O–H groups in total. The Morgan fingerprint density at radius 1 is 0.784 bits per heavy atom. The number of hydrogen-bond donors (Lipinski definition) is 1. The van der Waals surface area contributed by atoms with Crippen LogP contribution in [0.4, 0.5) is 0 Å². The van der Waals surface area contributed by atoms with Gasteiger partial charge in [0.05, 0.1) is 0 Å². The Bertz CT molecular complexity index is 1010. The molecule has 0 saturated heterocycles. The smallest absolute Gasteiger partial charge is 0.346 e. The first-order chi connectivity index (χ1) is 17.0. The van der Waals surface area contributed by atoms with Crippen LogP contribution in [0.5, 0.6) is 0 Å². The Hall–Kier alpha value is -1.16. The molecule has 0 spiro atoms. The molecule has 0 bridgehead atoms. The van der Waals surface area contributed by atoms with Crippen molar-refractivity contribution in [1.29, 1.82) is 0 Å². The van der Waals surface area contributed by atoms with Crippen LogP contribution in [0.15, 0.2) is 12.2 Å². The second-order valence-electron chi connectivity index (χ2n) is 15.8. The molecule has 0 aromatic heterocycles. The molecule has 4 heteroatoms. The molecule has 0 aromatic carbocycles. The molecule has 0 aliphatic heterocycles. The van der Waals surface area contributed by atoms with Crippen LogP contribution in [0, 0.1) is 56.7 Å². The lowest BCUT2D eigenvalue weighted by atomic mass is 9.31. The van der Waals surface area contributed by atoms with Crippen molar-refractivity contribution >= 4 is 11.9 Å². The second-order valence-corrected chi connectivity index (χ2v) is 15.8. The van der Waals surface area contributed by atoms with Crippen molar-refractivity contribution in [1.82, 2.24) is 0 Å². The van der Waals surface area contributed by atoms with Gasteiger partial charge in [0.15, 0.2) is 5.60 Å². The molecular weight excluding hydrogens is 460 g/mol. The van der Waals surface area contributed by atoms with E-state index in [0.29, 0.717) is 29.1 Å². The van der Waals surface area contributed by atoms with Crippen LogP contribution in [-0.4, -0.2) is 22.6 Å². The maximum Gasteiger partial charge on any atom is 0.346 e. The van der Waals surface area contributed by atoms with Crippen LogP contribution in [0.1, 0.15) is 120 Å². The Labute approximate surface area is 225 Å². The van der Waals surface area contributed by atoms with Crippen molar-refractivity contribution < 1.29 is 19.4 Å². The molecule has 0 aromatic rings. The van der Waals surface area contributed by atoms with Gasteiger partial charge >= 0.3 is 11.9 Å². The third-order valence-electron chi connectivity index (χ3n) is 14.3. The van der Waals surface area contributed by atoms with E-state index in [1.54, 1.807) is 0 Å². The standard InChI is InChI=1S/C33H52O4/c1-20(2)22-12-14-29(6)16-18-31(8)23(26(22)29)10-11-25-30(7)17-19-33(36,27(35)37-21(3)34)28(4,5)24(30)13-15-32(25,31)9/h22-26,36H,1,10-19H2,2-9H3/t22-,23+,24-,25+,26+,29+,30-,31+,32+,33+/m0/s1. The fraction of sp³-hybridized carbons (Fsp3) is 0.879. The average Bonchev–Trinajstić information content (AvgIpc) is 3.14. The number of aliphatic hydroxyl groups is 1. The molecule has 5 fully saturated rings. The lowest BCUT2D eigenvalue weighted by Gasteiger charge is -2.73. The summed E-state index contributed by atoms with van der Waals surface area (Å²) in [7, 11) is 0. The number of allylic oxidation sites excluding steroid dienone is 1. The SMILES string of the molecule is C=C(C)[C@@H]1CC[C@]2(C)CC[C@]3(C)[C@H](CC[C@@H]4[C@@]5(C)CC[C@@](O)(C(=O)OC(C)=O)C(C)(C)[C@@H]5CC[C@]43C)[C@@H]12. The first-order valence-corrected chi connectivity index (χ1v) is 15.1. The monoisotopic (exact) mass is 512 g/mol. The van der Waals surface area contributed by atoms with Gasteiger partial charge in [-0.25, -0.2) is 4.79 Å². The van der Waals surface area contributed by atoms with Crippen molar-refractivity contribution in [2.24, 2.45) is 56.7 Å². The van der Waals surface area contributed by atoms with Gasteiger partial charge in [-0.2, -0.15) is 0 Å². The largest absolute Gasteiger partial charge is 0.391 e. The summed E-state index contributed by atoms with van der Waals surface area (Å²) >= 11 is 0. The summed E-state index contributed by atoms with van der Waals surface area (Å²) in [6, 6.07) is 0. The van der Waals surface area contributed by atoms with E-state index >= 15 is 0 Å². The van der Waals surface area contributed by atoms with Gasteiger partial charge < -0.3 is 9.84 Å². The summed E-state index contributed by atoms with van der Waals surface area (Å²) in [5, 5.41) is 11.7. The van der Waals surface area contributed by atoms with E-state index < -0.39 is 23.0 Å². The van der Waals surface area contributed by atoms with Crippen LogP contribution in [0.2, 0.25) is 0 Å². The van der Waals surface area contributed by atoms with Crippen LogP contribution < -0.4 is 0 Å². The van der Waals surface area contributed by atoms with Gasteiger partial charge in [0.25, 0.3) is 0 Å². The predicted octanol–water partition coefficient (Wildman–Crippen LogP) is 7.48. The molecule has 37 heavy (non-hydrogen) atoms. The van der Waals surface area contributed by atoms with E-state index in [9.17, 15) is 14.7 Å². The maximum absolute atomic E-state index is 13.0.